The van der Waals surface area contributed by atoms with Gasteiger partial charge in [-0.1, -0.05) is 10.7 Å². The van der Waals surface area contributed by atoms with Crippen LogP contribution in [0.25, 0.3) is 0 Å². The summed E-state index contributed by atoms with van der Waals surface area (Å²) in [7, 11) is 3.99. The van der Waals surface area contributed by atoms with Gasteiger partial charge < -0.3 is 5.32 Å². The maximum Gasteiger partial charge on any atom is 0.254 e. The SMILES string of the molecule is CC1=C(C[N+]2(C(C)C)C=CC=N2)C(=O)NC(C)(N(C)C)C1. The van der Waals surface area contributed by atoms with E-state index in [1.165, 1.54) is 0 Å². The van der Waals surface area contributed by atoms with Gasteiger partial charge in [0.25, 0.3) is 5.91 Å². The molecule has 0 saturated heterocycles. The first kappa shape index (κ1) is 15.9. The van der Waals surface area contributed by atoms with Crippen LogP contribution >= 0.6 is 0 Å². The van der Waals surface area contributed by atoms with E-state index in [0.717, 1.165) is 17.6 Å². The molecule has 0 radical (unpaired) electrons. The average Bonchev–Trinajstić information content (AvgIpc) is 2.83. The predicted octanol–water partition coefficient (Wildman–Crippen LogP) is 1.84. The fourth-order valence-corrected chi connectivity index (χ4v) is 2.88. The van der Waals surface area contributed by atoms with E-state index in [1.54, 1.807) is 0 Å². The smallest absolute Gasteiger partial charge is 0.254 e. The third-order valence-electron chi connectivity index (χ3n) is 4.79. The van der Waals surface area contributed by atoms with E-state index in [2.05, 4.69) is 49.2 Å². The quantitative estimate of drug-likeness (QED) is 0.803. The number of amides is 1. The van der Waals surface area contributed by atoms with Gasteiger partial charge in [-0.3, -0.25) is 9.69 Å². The average molecular weight is 291 g/mol. The van der Waals surface area contributed by atoms with Crippen LogP contribution < -0.4 is 5.32 Å². The zero-order valence-electron chi connectivity index (χ0n) is 14.0. The van der Waals surface area contributed by atoms with Crippen LogP contribution in [0.3, 0.4) is 0 Å². The molecule has 5 heteroatoms. The Morgan fingerprint density at radius 2 is 2.14 bits per heavy atom. The monoisotopic (exact) mass is 291 g/mol. The van der Waals surface area contributed by atoms with Crippen molar-refractivity contribution in [3.05, 3.63) is 23.4 Å². The highest BCUT2D eigenvalue weighted by Crippen LogP contribution is 2.30. The summed E-state index contributed by atoms with van der Waals surface area (Å²) in [5.74, 6) is 0.0311. The molecule has 21 heavy (non-hydrogen) atoms. The van der Waals surface area contributed by atoms with E-state index in [0.29, 0.717) is 17.2 Å². The van der Waals surface area contributed by atoms with Gasteiger partial charge >= 0.3 is 0 Å². The van der Waals surface area contributed by atoms with Crippen LogP contribution in [0.1, 0.15) is 34.1 Å². The van der Waals surface area contributed by atoms with Crippen LogP contribution in [-0.2, 0) is 4.79 Å². The molecule has 0 fully saturated rings. The second-order valence-corrected chi connectivity index (χ2v) is 6.80. The normalized spacial score (nSPS) is 32.5. The van der Waals surface area contributed by atoms with Crippen LogP contribution in [0.15, 0.2) is 28.5 Å². The molecule has 0 spiro atoms. The molecule has 1 N–H and O–H groups in total. The molecule has 2 aliphatic heterocycles. The Bertz CT molecular complexity index is 518. The lowest BCUT2D eigenvalue weighted by atomic mass is 9.91. The summed E-state index contributed by atoms with van der Waals surface area (Å²) in [4.78, 5) is 14.7. The minimum Gasteiger partial charge on any atom is -0.334 e. The van der Waals surface area contributed by atoms with E-state index < -0.39 is 0 Å². The number of allylic oxidation sites excluding steroid dienone is 1. The fourth-order valence-electron chi connectivity index (χ4n) is 2.88. The highest BCUT2D eigenvalue weighted by molar-refractivity contribution is 5.96. The summed E-state index contributed by atoms with van der Waals surface area (Å²) in [6, 6.07) is 0.301. The molecule has 1 amide bonds. The molecule has 2 rings (SSSR count). The molecule has 2 atom stereocenters. The van der Waals surface area contributed by atoms with Crippen molar-refractivity contribution in [3.8, 4) is 0 Å². The van der Waals surface area contributed by atoms with Crippen molar-refractivity contribution in [1.82, 2.24) is 10.2 Å². The number of quaternary nitrogens is 1. The number of carbonyl (C=O) groups excluding carboxylic acids is 1. The summed E-state index contributed by atoms with van der Waals surface area (Å²) in [5, 5.41) is 7.72. The Labute approximate surface area is 127 Å². The molecular weight excluding hydrogens is 264 g/mol. The third-order valence-corrected chi connectivity index (χ3v) is 4.79. The van der Waals surface area contributed by atoms with E-state index in [1.807, 2.05) is 26.4 Å². The number of nitrogens with zero attached hydrogens (tertiary/aromatic N) is 3. The molecule has 0 aromatic heterocycles. The van der Waals surface area contributed by atoms with Crippen molar-refractivity contribution in [2.45, 2.75) is 45.8 Å². The topological polar surface area (TPSA) is 44.7 Å². The second kappa shape index (κ2) is 5.39. The fraction of sp³-hybridized carbons (Fsp3) is 0.625. The zero-order chi connectivity index (χ0) is 15.8. The highest BCUT2D eigenvalue weighted by Gasteiger charge is 2.41. The minimum atomic E-state index is -0.308. The molecule has 2 unspecified atom stereocenters. The van der Waals surface area contributed by atoms with E-state index in [4.69, 9.17) is 0 Å². The maximum absolute atomic E-state index is 12.6. The molecule has 2 aliphatic rings. The summed E-state index contributed by atoms with van der Waals surface area (Å²) in [6.07, 6.45) is 6.69. The van der Waals surface area contributed by atoms with Crippen molar-refractivity contribution in [2.24, 2.45) is 5.10 Å². The van der Waals surface area contributed by atoms with Crippen LogP contribution in [-0.4, -0.2) is 54.0 Å². The maximum atomic E-state index is 12.6. The van der Waals surface area contributed by atoms with Crippen molar-refractivity contribution < 1.29 is 9.39 Å². The Morgan fingerprint density at radius 1 is 1.48 bits per heavy atom. The lowest BCUT2D eigenvalue weighted by Crippen LogP contribution is -2.60. The first-order valence-electron chi connectivity index (χ1n) is 7.50. The molecule has 2 heterocycles. The Hall–Kier alpha value is -1.46. The number of nitrogens with one attached hydrogen (secondary N) is 1. The van der Waals surface area contributed by atoms with Crippen molar-refractivity contribution in [3.63, 3.8) is 0 Å². The molecule has 0 bridgehead atoms. The van der Waals surface area contributed by atoms with Crippen LogP contribution in [0, 0.1) is 0 Å². The Kier molecular flexibility index (Phi) is 4.08. The first-order valence-corrected chi connectivity index (χ1v) is 7.50. The standard InChI is InChI=1S/C16H26N4O/c1-12(2)20(9-7-8-17-20)11-14-13(3)10-16(4,19(5)6)18-15(14)21/h7-9,12H,10-11H2,1-6H3/p+1. The van der Waals surface area contributed by atoms with Gasteiger partial charge in [-0.05, 0) is 41.8 Å². The second-order valence-electron chi connectivity index (χ2n) is 6.80. The van der Waals surface area contributed by atoms with Gasteiger partial charge in [0.2, 0.25) is 0 Å². The van der Waals surface area contributed by atoms with Crippen LogP contribution in [0.2, 0.25) is 0 Å². The van der Waals surface area contributed by atoms with Gasteiger partial charge in [0.1, 0.15) is 18.8 Å². The first-order chi connectivity index (χ1) is 9.70. The van der Waals surface area contributed by atoms with Crippen LogP contribution in [0.4, 0.5) is 0 Å². The summed E-state index contributed by atoms with van der Waals surface area (Å²) >= 11 is 0. The lowest BCUT2D eigenvalue weighted by molar-refractivity contribution is -0.899. The predicted molar refractivity (Wildman–Crippen MR) is 85.4 cm³/mol. The molecule has 0 aromatic rings. The van der Waals surface area contributed by atoms with Gasteiger partial charge in [-0.2, -0.15) is 4.59 Å². The van der Waals surface area contributed by atoms with Gasteiger partial charge in [0.05, 0.1) is 17.5 Å². The third kappa shape index (κ3) is 2.80. The van der Waals surface area contributed by atoms with E-state index in [-0.39, 0.29) is 11.6 Å². The molecule has 116 valence electrons. The Morgan fingerprint density at radius 3 is 2.57 bits per heavy atom. The summed E-state index contributed by atoms with van der Waals surface area (Å²) in [6.45, 7) is 9.01. The number of hydrogen-bond donors (Lipinski definition) is 1. The van der Waals surface area contributed by atoms with E-state index in [9.17, 15) is 4.79 Å². The molecule has 0 aliphatic carbocycles. The van der Waals surface area contributed by atoms with E-state index >= 15 is 0 Å². The highest BCUT2D eigenvalue weighted by atomic mass is 16.2. The summed E-state index contributed by atoms with van der Waals surface area (Å²) in [5.41, 5.74) is 1.72. The molecule has 0 saturated carbocycles. The Balaban J connectivity index is 2.30. The minimum absolute atomic E-state index is 0.0311. The molecule has 5 nitrogen and oxygen atoms in total. The van der Waals surface area contributed by atoms with Gasteiger partial charge in [0.15, 0.2) is 0 Å². The van der Waals surface area contributed by atoms with Crippen LogP contribution in [0.5, 0.6) is 0 Å². The van der Waals surface area contributed by atoms with Gasteiger partial charge in [0, 0.05) is 12.5 Å². The lowest BCUT2D eigenvalue weighted by Gasteiger charge is -2.42. The zero-order valence-corrected chi connectivity index (χ0v) is 14.0. The number of hydrogen-bond acceptors (Lipinski definition) is 3. The van der Waals surface area contributed by atoms with Crippen molar-refractivity contribution in [2.75, 3.05) is 20.6 Å². The molecule has 0 aromatic carbocycles. The van der Waals surface area contributed by atoms with Gasteiger partial charge in [-0.15, -0.1) is 0 Å². The van der Waals surface area contributed by atoms with Gasteiger partial charge in [-0.25, -0.2) is 0 Å². The number of rotatable bonds is 4. The van der Waals surface area contributed by atoms with Crippen molar-refractivity contribution >= 4 is 12.1 Å². The summed E-state index contributed by atoms with van der Waals surface area (Å²) < 4.78 is 0.471. The van der Waals surface area contributed by atoms with Crippen molar-refractivity contribution in [1.29, 1.82) is 0 Å². The molecular formula is C16H27N4O+. The largest absolute Gasteiger partial charge is 0.334 e. The number of carbonyl (C=O) groups is 1.